The molecule has 1 N–H and O–H groups in total. The number of hydrogen-bond acceptors (Lipinski definition) is 3. The second kappa shape index (κ2) is 6.93. The van der Waals surface area contributed by atoms with Gasteiger partial charge in [-0.3, -0.25) is 9.78 Å². The summed E-state index contributed by atoms with van der Waals surface area (Å²) >= 11 is 0. The number of aromatic nitrogens is 1. The molecule has 0 saturated carbocycles. The van der Waals surface area contributed by atoms with Crippen LogP contribution in [0.1, 0.15) is 26.3 Å². The minimum Gasteiger partial charge on any atom is -0.481 e. The number of anilines is 1. The zero-order chi connectivity index (χ0) is 17.9. The lowest BCUT2D eigenvalue weighted by Gasteiger charge is -2.19. The van der Waals surface area contributed by atoms with E-state index in [9.17, 15) is 4.79 Å². The molecule has 0 fully saturated rings. The molecular weight excluding hydrogens is 312 g/mol. The van der Waals surface area contributed by atoms with Crippen LogP contribution in [-0.2, 0) is 10.2 Å². The molecule has 0 unspecified atom stereocenters. The van der Waals surface area contributed by atoms with Gasteiger partial charge in [-0.05, 0) is 35.2 Å². The highest BCUT2D eigenvalue weighted by Gasteiger charge is 2.13. The molecule has 0 saturated heterocycles. The average molecular weight is 334 g/mol. The van der Waals surface area contributed by atoms with E-state index in [1.165, 1.54) is 5.56 Å². The van der Waals surface area contributed by atoms with Crippen molar-refractivity contribution in [3.63, 3.8) is 0 Å². The van der Waals surface area contributed by atoms with Gasteiger partial charge in [0.15, 0.2) is 6.61 Å². The molecule has 0 aliphatic heterocycles. The first-order valence-corrected chi connectivity index (χ1v) is 8.30. The Morgan fingerprint density at radius 2 is 1.76 bits per heavy atom. The number of benzene rings is 2. The van der Waals surface area contributed by atoms with Crippen LogP contribution in [0.2, 0.25) is 0 Å². The van der Waals surface area contributed by atoms with Crippen molar-refractivity contribution in [1.82, 2.24) is 4.98 Å². The standard InChI is InChI=1S/C21H22N2O2/c1-21(2,3)16-9-11-17(12-10-16)23-19(24)14-25-18-8-4-6-15-7-5-13-22-20(15)18/h4-13H,14H2,1-3H3,(H,23,24). The van der Waals surface area contributed by atoms with E-state index >= 15 is 0 Å². The molecule has 0 radical (unpaired) electrons. The van der Waals surface area contributed by atoms with Gasteiger partial charge in [0.25, 0.3) is 5.91 Å². The Balaban J connectivity index is 1.63. The summed E-state index contributed by atoms with van der Waals surface area (Å²) in [6, 6.07) is 17.4. The van der Waals surface area contributed by atoms with Crippen LogP contribution in [0.4, 0.5) is 5.69 Å². The average Bonchev–Trinajstić information content (AvgIpc) is 2.59. The highest BCUT2D eigenvalue weighted by Crippen LogP contribution is 2.24. The van der Waals surface area contributed by atoms with Gasteiger partial charge < -0.3 is 10.1 Å². The van der Waals surface area contributed by atoms with Gasteiger partial charge in [-0.2, -0.15) is 0 Å². The van der Waals surface area contributed by atoms with Crippen LogP contribution < -0.4 is 10.1 Å². The molecule has 1 heterocycles. The quantitative estimate of drug-likeness (QED) is 0.761. The Hall–Kier alpha value is -2.88. The van der Waals surface area contributed by atoms with Gasteiger partial charge in [0.05, 0.1) is 0 Å². The van der Waals surface area contributed by atoms with Crippen LogP contribution in [0.25, 0.3) is 10.9 Å². The summed E-state index contributed by atoms with van der Waals surface area (Å²) in [6.45, 7) is 6.42. The lowest BCUT2D eigenvalue weighted by Crippen LogP contribution is -2.20. The van der Waals surface area contributed by atoms with Crippen LogP contribution in [0.5, 0.6) is 5.75 Å². The topological polar surface area (TPSA) is 51.2 Å². The fraction of sp³-hybridized carbons (Fsp3) is 0.238. The fourth-order valence-corrected chi connectivity index (χ4v) is 2.59. The maximum absolute atomic E-state index is 12.1. The molecule has 128 valence electrons. The van der Waals surface area contributed by atoms with Crippen LogP contribution in [0, 0.1) is 0 Å². The Bertz CT molecular complexity index is 875. The molecular formula is C21H22N2O2. The summed E-state index contributed by atoms with van der Waals surface area (Å²) in [6.07, 6.45) is 1.71. The van der Waals surface area contributed by atoms with Gasteiger partial charge >= 0.3 is 0 Å². The third-order valence-corrected chi connectivity index (χ3v) is 3.99. The zero-order valence-electron chi connectivity index (χ0n) is 14.7. The van der Waals surface area contributed by atoms with Crippen molar-refractivity contribution < 1.29 is 9.53 Å². The Morgan fingerprint density at radius 3 is 2.48 bits per heavy atom. The molecule has 0 aliphatic carbocycles. The third kappa shape index (κ3) is 4.15. The Labute approximate surface area is 147 Å². The second-order valence-electron chi connectivity index (χ2n) is 7.00. The van der Waals surface area contributed by atoms with E-state index in [1.807, 2.05) is 54.6 Å². The minimum absolute atomic E-state index is 0.0588. The molecule has 0 atom stereocenters. The van der Waals surface area contributed by atoms with Gasteiger partial charge in [0.2, 0.25) is 0 Å². The van der Waals surface area contributed by atoms with Crippen LogP contribution in [0.15, 0.2) is 60.8 Å². The maximum Gasteiger partial charge on any atom is 0.262 e. The number of nitrogens with one attached hydrogen (secondary N) is 1. The summed E-state index contributed by atoms with van der Waals surface area (Å²) < 4.78 is 5.66. The molecule has 2 aromatic carbocycles. The Kier molecular flexibility index (Phi) is 4.70. The van der Waals surface area contributed by atoms with Crippen molar-refractivity contribution in [3.8, 4) is 5.75 Å². The predicted molar refractivity (Wildman–Crippen MR) is 101 cm³/mol. The van der Waals surface area contributed by atoms with E-state index in [1.54, 1.807) is 6.20 Å². The first-order chi connectivity index (χ1) is 11.9. The fourth-order valence-electron chi connectivity index (χ4n) is 2.59. The molecule has 3 rings (SSSR count). The Morgan fingerprint density at radius 1 is 1.04 bits per heavy atom. The van der Waals surface area contributed by atoms with Crippen molar-refractivity contribution in [1.29, 1.82) is 0 Å². The molecule has 4 nitrogen and oxygen atoms in total. The first-order valence-electron chi connectivity index (χ1n) is 8.30. The number of amides is 1. The largest absolute Gasteiger partial charge is 0.481 e. The number of para-hydroxylation sites is 1. The highest BCUT2D eigenvalue weighted by molar-refractivity contribution is 5.92. The molecule has 1 amide bonds. The van der Waals surface area contributed by atoms with Gasteiger partial charge in [-0.15, -0.1) is 0 Å². The normalized spacial score (nSPS) is 11.3. The van der Waals surface area contributed by atoms with Crippen molar-refractivity contribution in [2.24, 2.45) is 0 Å². The van der Waals surface area contributed by atoms with Crippen molar-refractivity contribution in [3.05, 3.63) is 66.4 Å². The number of nitrogens with zero attached hydrogens (tertiary/aromatic N) is 1. The summed E-state index contributed by atoms with van der Waals surface area (Å²) in [5.74, 6) is 0.410. The summed E-state index contributed by atoms with van der Waals surface area (Å²) in [7, 11) is 0. The number of ether oxygens (including phenoxy) is 1. The molecule has 0 bridgehead atoms. The van der Waals surface area contributed by atoms with Gasteiger partial charge in [-0.25, -0.2) is 0 Å². The van der Waals surface area contributed by atoms with Crippen molar-refractivity contribution in [2.75, 3.05) is 11.9 Å². The summed E-state index contributed by atoms with van der Waals surface area (Å²) in [5.41, 5.74) is 2.83. The third-order valence-electron chi connectivity index (χ3n) is 3.99. The van der Waals surface area contributed by atoms with E-state index < -0.39 is 0 Å². The monoisotopic (exact) mass is 334 g/mol. The van der Waals surface area contributed by atoms with Crippen molar-refractivity contribution in [2.45, 2.75) is 26.2 Å². The van der Waals surface area contributed by atoms with Crippen LogP contribution in [-0.4, -0.2) is 17.5 Å². The van der Waals surface area contributed by atoms with Gasteiger partial charge in [0, 0.05) is 17.3 Å². The second-order valence-corrected chi connectivity index (χ2v) is 7.00. The lowest BCUT2D eigenvalue weighted by molar-refractivity contribution is -0.118. The van der Waals surface area contributed by atoms with E-state index in [-0.39, 0.29) is 17.9 Å². The van der Waals surface area contributed by atoms with E-state index in [2.05, 4.69) is 31.1 Å². The number of carbonyl (C=O) groups is 1. The van der Waals surface area contributed by atoms with E-state index in [4.69, 9.17) is 4.74 Å². The molecule has 1 aromatic heterocycles. The van der Waals surface area contributed by atoms with Gasteiger partial charge in [-0.1, -0.05) is 51.1 Å². The van der Waals surface area contributed by atoms with Crippen LogP contribution >= 0.6 is 0 Å². The first kappa shape index (κ1) is 17.0. The summed E-state index contributed by atoms with van der Waals surface area (Å²) in [5, 5.41) is 3.84. The van der Waals surface area contributed by atoms with Gasteiger partial charge in [0.1, 0.15) is 11.3 Å². The molecule has 3 aromatic rings. The van der Waals surface area contributed by atoms with Crippen LogP contribution in [0.3, 0.4) is 0 Å². The zero-order valence-corrected chi connectivity index (χ0v) is 14.7. The molecule has 0 spiro atoms. The SMILES string of the molecule is CC(C)(C)c1ccc(NC(=O)COc2cccc3cccnc23)cc1. The summed E-state index contributed by atoms with van der Waals surface area (Å²) in [4.78, 5) is 16.5. The number of carbonyl (C=O) groups excluding carboxylic acids is 1. The number of hydrogen-bond donors (Lipinski definition) is 1. The maximum atomic E-state index is 12.1. The lowest BCUT2D eigenvalue weighted by atomic mass is 9.87. The molecule has 4 heteroatoms. The van der Waals surface area contributed by atoms with E-state index in [0.717, 1.165) is 16.6 Å². The number of fused-ring (bicyclic) bond motifs is 1. The number of pyridine rings is 1. The number of rotatable bonds is 4. The van der Waals surface area contributed by atoms with Crippen molar-refractivity contribution >= 4 is 22.5 Å². The minimum atomic E-state index is -0.198. The van der Waals surface area contributed by atoms with E-state index in [0.29, 0.717) is 5.75 Å². The molecule has 0 aliphatic rings. The predicted octanol–water partition coefficient (Wildman–Crippen LogP) is 4.55. The highest BCUT2D eigenvalue weighted by atomic mass is 16.5. The smallest absolute Gasteiger partial charge is 0.262 e. The molecule has 25 heavy (non-hydrogen) atoms.